The van der Waals surface area contributed by atoms with Crippen LogP contribution in [0, 0.1) is 11.3 Å². The minimum Gasteiger partial charge on any atom is -0.319 e. The molecule has 0 amide bonds. The number of hydrogen-bond acceptors (Lipinski definition) is 3. The molecule has 0 aromatic carbocycles. The van der Waals surface area contributed by atoms with Crippen LogP contribution < -0.4 is 5.32 Å². The van der Waals surface area contributed by atoms with Crippen molar-refractivity contribution in [2.75, 3.05) is 13.6 Å². The van der Waals surface area contributed by atoms with Crippen molar-refractivity contribution in [1.29, 1.82) is 5.26 Å². The molecule has 0 bridgehead atoms. The van der Waals surface area contributed by atoms with Gasteiger partial charge in [0.2, 0.25) is 0 Å². The maximum Gasteiger partial charge on any atom is 0.1000 e. The molecule has 1 N–H and O–H groups in total. The Morgan fingerprint density at radius 2 is 2.55 bits per heavy atom. The molecule has 1 rings (SSSR count). The van der Waals surface area contributed by atoms with Crippen molar-refractivity contribution in [3.05, 3.63) is 21.9 Å². The SMILES string of the molecule is CNCCc1cc(C#N)cs1. The molecule has 0 spiro atoms. The van der Waals surface area contributed by atoms with Crippen LogP contribution >= 0.6 is 11.3 Å². The Hall–Kier alpha value is -0.850. The fourth-order valence-corrected chi connectivity index (χ4v) is 1.63. The highest BCUT2D eigenvalue weighted by Crippen LogP contribution is 2.13. The van der Waals surface area contributed by atoms with Crippen molar-refractivity contribution in [3.8, 4) is 6.07 Å². The highest BCUT2D eigenvalue weighted by molar-refractivity contribution is 7.10. The van der Waals surface area contributed by atoms with E-state index in [0.717, 1.165) is 18.5 Å². The van der Waals surface area contributed by atoms with Gasteiger partial charge in [-0.05, 0) is 26.1 Å². The summed E-state index contributed by atoms with van der Waals surface area (Å²) in [5.41, 5.74) is 0.779. The topological polar surface area (TPSA) is 35.8 Å². The lowest BCUT2D eigenvalue weighted by atomic mass is 10.3. The van der Waals surface area contributed by atoms with Gasteiger partial charge in [0.1, 0.15) is 0 Å². The van der Waals surface area contributed by atoms with Gasteiger partial charge in [0.25, 0.3) is 0 Å². The number of thiophene rings is 1. The van der Waals surface area contributed by atoms with Gasteiger partial charge in [-0.15, -0.1) is 11.3 Å². The van der Waals surface area contributed by atoms with E-state index in [0.29, 0.717) is 0 Å². The maximum atomic E-state index is 8.52. The Labute approximate surface area is 70.5 Å². The van der Waals surface area contributed by atoms with Crippen molar-refractivity contribution in [2.45, 2.75) is 6.42 Å². The van der Waals surface area contributed by atoms with E-state index in [1.165, 1.54) is 4.88 Å². The zero-order valence-corrected chi connectivity index (χ0v) is 7.24. The fourth-order valence-electron chi connectivity index (χ4n) is 0.819. The lowest BCUT2D eigenvalue weighted by Crippen LogP contribution is -2.09. The first-order valence-electron chi connectivity index (χ1n) is 3.49. The van der Waals surface area contributed by atoms with Gasteiger partial charge in [0.05, 0.1) is 11.6 Å². The lowest BCUT2D eigenvalue weighted by molar-refractivity contribution is 0.799. The molecule has 3 heteroatoms. The largest absolute Gasteiger partial charge is 0.319 e. The van der Waals surface area contributed by atoms with Crippen LogP contribution in [0.25, 0.3) is 0 Å². The second-order valence-corrected chi connectivity index (χ2v) is 3.26. The van der Waals surface area contributed by atoms with E-state index in [2.05, 4.69) is 11.4 Å². The van der Waals surface area contributed by atoms with E-state index in [9.17, 15) is 0 Å². The first kappa shape index (κ1) is 8.25. The van der Waals surface area contributed by atoms with Gasteiger partial charge < -0.3 is 5.32 Å². The molecule has 0 aliphatic heterocycles. The number of nitriles is 1. The smallest absolute Gasteiger partial charge is 0.1000 e. The molecule has 0 fully saturated rings. The van der Waals surface area contributed by atoms with Crippen molar-refractivity contribution in [1.82, 2.24) is 5.32 Å². The summed E-state index contributed by atoms with van der Waals surface area (Å²) in [6, 6.07) is 4.06. The molecule has 11 heavy (non-hydrogen) atoms. The molecule has 0 aliphatic carbocycles. The van der Waals surface area contributed by atoms with Gasteiger partial charge in [-0.1, -0.05) is 0 Å². The number of rotatable bonds is 3. The number of nitrogens with zero attached hydrogens (tertiary/aromatic N) is 1. The Morgan fingerprint density at radius 3 is 3.09 bits per heavy atom. The van der Waals surface area contributed by atoms with Crippen LogP contribution in [-0.4, -0.2) is 13.6 Å². The summed E-state index contributed by atoms with van der Waals surface area (Å²) in [7, 11) is 1.93. The van der Waals surface area contributed by atoms with Gasteiger partial charge in [-0.2, -0.15) is 5.26 Å². The molecule has 0 unspecified atom stereocenters. The summed E-state index contributed by atoms with van der Waals surface area (Å²) in [5, 5.41) is 13.5. The molecule has 0 radical (unpaired) electrons. The molecule has 1 aromatic heterocycles. The standard InChI is InChI=1S/C8H10N2S/c1-10-3-2-8-4-7(5-9)6-11-8/h4,6,10H,2-3H2,1H3. The van der Waals surface area contributed by atoms with E-state index >= 15 is 0 Å². The summed E-state index contributed by atoms with van der Waals surface area (Å²) in [4.78, 5) is 1.27. The van der Waals surface area contributed by atoms with E-state index in [1.54, 1.807) is 11.3 Å². The summed E-state index contributed by atoms with van der Waals surface area (Å²) in [5.74, 6) is 0. The normalized spacial score (nSPS) is 9.45. The van der Waals surface area contributed by atoms with Gasteiger partial charge in [0.15, 0.2) is 0 Å². The van der Waals surface area contributed by atoms with E-state index in [1.807, 2.05) is 18.5 Å². The summed E-state index contributed by atoms with van der Waals surface area (Å²) >= 11 is 1.65. The zero-order valence-electron chi connectivity index (χ0n) is 6.42. The third-order valence-corrected chi connectivity index (χ3v) is 2.40. The number of hydrogen-bond donors (Lipinski definition) is 1. The van der Waals surface area contributed by atoms with Crippen molar-refractivity contribution < 1.29 is 0 Å². The molecule has 2 nitrogen and oxygen atoms in total. The van der Waals surface area contributed by atoms with Gasteiger partial charge in [-0.3, -0.25) is 0 Å². The minimum absolute atomic E-state index is 0.779. The van der Waals surface area contributed by atoms with Crippen molar-refractivity contribution in [3.63, 3.8) is 0 Å². The van der Waals surface area contributed by atoms with Crippen LogP contribution in [-0.2, 0) is 6.42 Å². The van der Waals surface area contributed by atoms with Gasteiger partial charge in [0, 0.05) is 10.3 Å². The van der Waals surface area contributed by atoms with Crippen molar-refractivity contribution in [2.24, 2.45) is 0 Å². The Balaban J connectivity index is 2.53. The summed E-state index contributed by atoms with van der Waals surface area (Å²) < 4.78 is 0. The maximum absolute atomic E-state index is 8.52. The highest BCUT2D eigenvalue weighted by atomic mass is 32.1. The molecule has 0 saturated carbocycles. The van der Waals surface area contributed by atoms with E-state index < -0.39 is 0 Å². The number of likely N-dealkylation sites (N-methyl/N-ethyl adjacent to an activating group) is 1. The van der Waals surface area contributed by atoms with Crippen LogP contribution in [0.1, 0.15) is 10.4 Å². The molecule has 1 heterocycles. The van der Waals surface area contributed by atoms with Crippen molar-refractivity contribution >= 4 is 11.3 Å². The third kappa shape index (κ3) is 2.34. The molecule has 58 valence electrons. The monoisotopic (exact) mass is 166 g/mol. The quantitative estimate of drug-likeness (QED) is 0.736. The predicted octanol–water partition coefficient (Wildman–Crippen LogP) is 1.38. The summed E-state index contributed by atoms with van der Waals surface area (Å²) in [6.07, 6.45) is 1.02. The van der Waals surface area contributed by atoms with E-state index in [4.69, 9.17) is 5.26 Å². The van der Waals surface area contributed by atoms with Crippen LogP contribution in [0.3, 0.4) is 0 Å². The Kier molecular flexibility index (Phi) is 3.09. The zero-order chi connectivity index (χ0) is 8.10. The number of nitrogens with one attached hydrogen (secondary N) is 1. The van der Waals surface area contributed by atoms with Crippen LogP contribution in [0.4, 0.5) is 0 Å². The minimum atomic E-state index is 0.779. The molecular formula is C8H10N2S. The Bertz CT molecular complexity index is 259. The fraction of sp³-hybridized carbons (Fsp3) is 0.375. The average Bonchev–Trinajstić information content (AvgIpc) is 2.48. The first-order chi connectivity index (χ1) is 5.36. The molecule has 1 aromatic rings. The summed E-state index contributed by atoms with van der Waals surface area (Å²) in [6.45, 7) is 0.978. The Morgan fingerprint density at radius 1 is 1.73 bits per heavy atom. The molecule has 0 saturated heterocycles. The highest BCUT2D eigenvalue weighted by Gasteiger charge is 1.96. The van der Waals surface area contributed by atoms with E-state index in [-0.39, 0.29) is 0 Å². The average molecular weight is 166 g/mol. The molecular weight excluding hydrogens is 156 g/mol. The second-order valence-electron chi connectivity index (χ2n) is 2.27. The van der Waals surface area contributed by atoms with Gasteiger partial charge in [-0.25, -0.2) is 0 Å². The molecule has 0 atom stereocenters. The second kappa shape index (κ2) is 4.12. The lowest BCUT2D eigenvalue weighted by Gasteiger charge is -1.93. The predicted molar refractivity (Wildman–Crippen MR) is 46.7 cm³/mol. The van der Waals surface area contributed by atoms with Gasteiger partial charge >= 0.3 is 0 Å². The van der Waals surface area contributed by atoms with Crippen LogP contribution in [0.5, 0.6) is 0 Å². The first-order valence-corrected chi connectivity index (χ1v) is 4.37. The third-order valence-electron chi connectivity index (χ3n) is 1.40. The molecule has 0 aliphatic rings. The van der Waals surface area contributed by atoms with Crippen LogP contribution in [0.15, 0.2) is 11.4 Å². The van der Waals surface area contributed by atoms with Crippen LogP contribution in [0.2, 0.25) is 0 Å².